The number of rotatable bonds is 4. The van der Waals surface area contributed by atoms with Crippen LogP contribution in [0.3, 0.4) is 0 Å². The molecule has 4 rings (SSSR count). The second kappa shape index (κ2) is 7.45. The van der Waals surface area contributed by atoms with E-state index in [0.29, 0.717) is 11.3 Å². The van der Waals surface area contributed by atoms with E-state index in [1.807, 2.05) is 20.9 Å². The van der Waals surface area contributed by atoms with Crippen LogP contribution < -0.4 is 0 Å². The van der Waals surface area contributed by atoms with E-state index in [1.165, 1.54) is 17.8 Å². The summed E-state index contributed by atoms with van der Waals surface area (Å²) in [6, 6.07) is 0. The van der Waals surface area contributed by atoms with Crippen molar-refractivity contribution < 1.29 is 9.53 Å². The molecule has 2 aliphatic heterocycles. The van der Waals surface area contributed by atoms with Gasteiger partial charge in [-0.25, -0.2) is 4.98 Å². The van der Waals surface area contributed by atoms with E-state index in [4.69, 9.17) is 16.3 Å². The van der Waals surface area contributed by atoms with E-state index in [1.54, 1.807) is 12.2 Å². The summed E-state index contributed by atoms with van der Waals surface area (Å²) in [5.74, 6) is 0.0259. The van der Waals surface area contributed by atoms with Crippen molar-refractivity contribution in [2.24, 2.45) is 0 Å². The molecular formula is C17H21ClN4O2S. The molecule has 0 saturated carbocycles. The van der Waals surface area contributed by atoms with E-state index >= 15 is 0 Å². The molecule has 1 amide bonds. The molecule has 0 bridgehead atoms. The summed E-state index contributed by atoms with van der Waals surface area (Å²) < 4.78 is 7.60. The summed E-state index contributed by atoms with van der Waals surface area (Å²) in [6.45, 7) is 5.19. The first-order valence-electron chi connectivity index (χ1n) is 8.63. The summed E-state index contributed by atoms with van der Waals surface area (Å²) in [5, 5.41) is 2.38. The first kappa shape index (κ1) is 17.0. The number of hydrogen-bond acceptors (Lipinski definition) is 5. The van der Waals surface area contributed by atoms with Gasteiger partial charge in [-0.15, -0.1) is 11.3 Å². The Labute approximate surface area is 155 Å². The number of piperazine rings is 1. The normalized spacial score (nSPS) is 22.4. The maximum absolute atomic E-state index is 12.5. The maximum atomic E-state index is 12.5. The quantitative estimate of drug-likeness (QED) is 0.764. The van der Waals surface area contributed by atoms with Crippen LogP contribution in [-0.4, -0.2) is 70.5 Å². The van der Waals surface area contributed by atoms with Gasteiger partial charge < -0.3 is 9.64 Å². The Morgan fingerprint density at radius 1 is 1.40 bits per heavy atom. The average molecular weight is 381 g/mol. The average Bonchev–Trinajstić information content (AvgIpc) is 3.32. The fourth-order valence-corrected chi connectivity index (χ4v) is 4.41. The van der Waals surface area contributed by atoms with Gasteiger partial charge in [0.1, 0.15) is 0 Å². The summed E-state index contributed by atoms with van der Waals surface area (Å²) >= 11 is 7.68. The Bertz CT molecular complexity index is 773. The lowest BCUT2D eigenvalue weighted by Gasteiger charge is -2.35. The highest BCUT2D eigenvalue weighted by atomic mass is 35.5. The Hall–Kier alpha value is -1.41. The number of imidazole rings is 1. The van der Waals surface area contributed by atoms with Gasteiger partial charge in [0, 0.05) is 57.0 Å². The Morgan fingerprint density at radius 3 is 3.00 bits per heavy atom. The third-order valence-electron chi connectivity index (χ3n) is 4.81. The van der Waals surface area contributed by atoms with Crippen molar-refractivity contribution in [3.05, 3.63) is 28.5 Å². The van der Waals surface area contributed by atoms with Crippen molar-refractivity contribution in [1.29, 1.82) is 0 Å². The highest BCUT2D eigenvalue weighted by Gasteiger charge is 2.24. The zero-order valence-corrected chi connectivity index (χ0v) is 15.5. The molecule has 2 aromatic rings. The molecule has 6 nitrogen and oxygen atoms in total. The third kappa shape index (κ3) is 3.74. The number of thiazole rings is 1. The van der Waals surface area contributed by atoms with E-state index in [2.05, 4.69) is 9.88 Å². The molecule has 0 aliphatic carbocycles. The fourth-order valence-electron chi connectivity index (χ4n) is 3.41. The molecule has 0 N–H and O–H groups in total. The molecule has 2 fully saturated rings. The zero-order chi connectivity index (χ0) is 17.2. The molecule has 0 radical (unpaired) electrons. The van der Waals surface area contributed by atoms with Gasteiger partial charge in [0.25, 0.3) is 0 Å². The lowest BCUT2D eigenvalue weighted by Crippen LogP contribution is -2.50. The number of carbonyl (C=O) groups is 1. The molecule has 2 aromatic heterocycles. The predicted octanol–water partition coefficient (Wildman–Crippen LogP) is 2.39. The van der Waals surface area contributed by atoms with Crippen LogP contribution in [0.2, 0.25) is 5.15 Å². The first-order chi connectivity index (χ1) is 12.2. The van der Waals surface area contributed by atoms with Crippen LogP contribution in [0, 0.1) is 0 Å². The minimum Gasteiger partial charge on any atom is -0.377 e. The second-order valence-corrected chi connectivity index (χ2v) is 7.67. The van der Waals surface area contributed by atoms with Crippen LogP contribution in [0.15, 0.2) is 17.7 Å². The van der Waals surface area contributed by atoms with E-state index in [0.717, 1.165) is 56.4 Å². The molecule has 1 unspecified atom stereocenters. The third-order valence-corrected chi connectivity index (χ3v) is 5.84. The molecule has 4 heterocycles. The van der Waals surface area contributed by atoms with Gasteiger partial charge in [-0.05, 0) is 18.9 Å². The smallest absolute Gasteiger partial charge is 0.246 e. The number of halogens is 1. The van der Waals surface area contributed by atoms with E-state index in [-0.39, 0.29) is 5.91 Å². The van der Waals surface area contributed by atoms with Crippen LogP contribution in [0.5, 0.6) is 0 Å². The molecule has 2 saturated heterocycles. The van der Waals surface area contributed by atoms with E-state index < -0.39 is 0 Å². The van der Waals surface area contributed by atoms with Crippen LogP contribution >= 0.6 is 22.9 Å². The number of aromatic nitrogens is 2. The Kier molecular flexibility index (Phi) is 5.08. The van der Waals surface area contributed by atoms with Crippen LogP contribution in [-0.2, 0) is 9.53 Å². The topological polar surface area (TPSA) is 50.1 Å². The lowest BCUT2D eigenvalue weighted by molar-refractivity contribution is -0.127. The van der Waals surface area contributed by atoms with Crippen molar-refractivity contribution in [3.63, 3.8) is 0 Å². The summed E-state index contributed by atoms with van der Waals surface area (Å²) in [4.78, 5) is 21.8. The highest BCUT2D eigenvalue weighted by molar-refractivity contribution is 7.15. The standard InChI is InChI=1S/C17H21ClN4O2S/c18-16-14(22-9-11-25-17(22)19-16)3-4-15(23)21-7-5-20(6-8-21)12-13-2-1-10-24-13/h3-4,9,11,13H,1-2,5-8,10,12H2/b4-3+. The highest BCUT2D eigenvalue weighted by Crippen LogP contribution is 2.22. The fraction of sp³-hybridized carbons (Fsp3) is 0.529. The van der Waals surface area contributed by atoms with Gasteiger partial charge in [0.05, 0.1) is 11.8 Å². The molecule has 2 aliphatic rings. The molecule has 0 aromatic carbocycles. The summed E-state index contributed by atoms with van der Waals surface area (Å²) in [5.41, 5.74) is 0.753. The minimum atomic E-state index is 0.0259. The van der Waals surface area contributed by atoms with Crippen molar-refractivity contribution >= 4 is 39.9 Å². The molecule has 25 heavy (non-hydrogen) atoms. The van der Waals surface area contributed by atoms with Gasteiger partial charge in [-0.1, -0.05) is 11.6 Å². The zero-order valence-electron chi connectivity index (χ0n) is 13.9. The first-order valence-corrected chi connectivity index (χ1v) is 9.88. The van der Waals surface area contributed by atoms with Gasteiger partial charge >= 0.3 is 0 Å². The number of hydrogen-bond donors (Lipinski definition) is 0. The molecule has 134 valence electrons. The lowest BCUT2D eigenvalue weighted by atomic mass is 10.2. The molecule has 8 heteroatoms. The molecular weight excluding hydrogens is 360 g/mol. The van der Waals surface area contributed by atoms with Gasteiger partial charge in [-0.3, -0.25) is 14.1 Å². The minimum absolute atomic E-state index is 0.0259. The van der Waals surface area contributed by atoms with Gasteiger partial charge in [0.15, 0.2) is 10.1 Å². The number of fused-ring (bicyclic) bond motifs is 1. The van der Waals surface area contributed by atoms with Crippen LogP contribution in [0.4, 0.5) is 0 Å². The Morgan fingerprint density at radius 2 is 2.24 bits per heavy atom. The van der Waals surface area contributed by atoms with Crippen molar-refractivity contribution in [2.45, 2.75) is 18.9 Å². The SMILES string of the molecule is O=C(/C=C/c1c(Cl)nc2sccn12)N1CCN(CC2CCCO2)CC1. The monoisotopic (exact) mass is 380 g/mol. The summed E-state index contributed by atoms with van der Waals surface area (Å²) in [6.07, 6.45) is 7.97. The maximum Gasteiger partial charge on any atom is 0.246 e. The summed E-state index contributed by atoms with van der Waals surface area (Å²) in [7, 11) is 0. The van der Waals surface area contributed by atoms with Crippen LogP contribution in [0.25, 0.3) is 11.0 Å². The van der Waals surface area contributed by atoms with Crippen molar-refractivity contribution in [3.8, 4) is 0 Å². The van der Waals surface area contributed by atoms with Crippen molar-refractivity contribution in [1.82, 2.24) is 19.2 Å². The van der Waals surface area contributed by atoms with Gasteiger partial charge in [-0.2, -0.15) is 0 Å². The predicted molar refractivity (Wildman–Crippen MR) is 99.1 cm³/mol. The second-order valence-electron chi connectivity index (χ2n) is 6.44. The number of nitrogens with zero attached hydrogens (tertiary/aromatic N) is 4. The van der Waals surface area contributed by atoms with Crippen LogP contribution in [0.1, 0.15) is 18.5 Å². The largest absolute Gasteiger partial charge is 0.377 e. The Balaban J connectivity index is 1.33. The number of ether oxygens (including phenoxy) is 1. The van der Waals surface area contributed by atoms with Crippen molar-refractivity contribution in [2.75, 3.05) is 39.3 Å². The molecule has 0 spiro atoms. The van der Waals surface area contributed by atoms with Gasteiger partial charge in [0.2, 0.25) is 5.91 Å². The molecule has 1 atom stereocenters. The van der Waals surface area contributed by atoms with E-state index in [9.17, 15) is 4.79 Å². The number of amides is 1. The number of carbonyl (C=O) groups excluding carboxylic acids is 1.